The minimum absolute atomic E-state index is 0.0959. The number of carbonyl (C=O) groups is 1. The van der Waals surface area contributed by atoms with Crippen molar-refractivity contribution in [1.82, 2.24) is 5.43 Å². The predicted octanol–water partition coefficient (Wildman–Crippen LogP) is 2.72. The second-order valence-corrected chi connectivity index (χ2v) is 5.13. The molecule has 0 saturated carbocycles. The van der Waals surface area contributed by atoms with Gasteiger partial charge in [0.2, 0.25) is 0 Å². The lowest BCUT2D eigenvalue weighted by atomic mass is 10.2. The number of hydrogen-bond acceptors (Lipinski definition) is 4. The van der Waals surface area contributed by atoms with Gasteiger partial charge in [-0.1, -0.05) is 34.1 Å². The van der Waals surface area contributed by atoms with Crippen molar-refractivity contribution < 1.29 is 9.90 Å². The molecular formula is C15H14BrN3O2. The summed E-state index contributed by atoms with van der Waals surface area (Å²) in [4.78, 5) is 11.6. The Labute approximate surface area is 130 Å². The highest BCUT2D eigenvalue weighted by Crippen LogP contribution is 2.19. The quantitative estimate of drug-likeness (QED) is 0.575. The van der Waals surface area contributed by atoms with Crippen molar-refractivity contribution in [3.8, 4) is 5.75 Å². The monoisotopic (exact) mass is 347 g/mol. The van der Waals surface area contributed by atoms with E-state index in [2.05, 4.69) is 31.8 Å². The van der Waals surface area contributed by atoms with Gasteiger partial charge in [0.15, 0.2) is 0 Å². The molecule has 0 heterocycles. The summed E-state index contributed by atoms with van der Waals surface area (Å²) in [6.07, 6.45) is 1.39. The predicted molar refractivity (Wildman–Crippen MR) is 86.5 cm³/mol. The molecule has 1 amide bonds. The number of phenols is 1. The number of benzene rings is 2. The van der Waals surface area contributed by atoms with Crippen molar-refractivity contribution in [3.05, 3.63) is 58.6 Å². The zero-order valence-electron chi connectivity index (χ0n) is 11.1. The molecule has 2 rings (SSSR count). The average molecular weight is 348 g/mol. The zero-order valence-corrected chi connectivity index (χ0v) is 12.7. The molecule has 0 aliphatic rings. The van der Waals surface area contributed by atoms with Gasteiger partial charge in [-0.05, 0) is 30.3 Å². The molecule has 0 unspecified atom stereocenters. The molecule has 3 N–H and O–H groups in total. The first kappa shape index (κ1) is 15.1. The van der Waals surface area contributed by atoms with Crippen molar-refractivity contribution >= 4 is 33.7 Å². The van der Waals surface area contributed by atoms with Crippen LogP contribution in [0, 0.1) is 0 Å². The number of amides is 1. The average Bonchev–Trinajstić information content (AvgIpc) is 2.50. The summed E-state index contributed by atoms with van der Waals surface area (Å²) < 4.78 is 0.818. The van der Waals surface area contributed by atoms with Gasteiger partial charge in [0.1, 0.15) is 5.75 Å². The summed E-state index contributed by atoms with van der Waals surface area (Å²) in [5.41, 5.74) is 3.77. The molecule has 0 spiro atoms. The fourth-order valence-corrected chi connectivity index (χ4v) is 1.96. The number of hydrogen-bond donors (Lipinski definition) is 3. The highest BCUT2D eigenvalue weighted by molar-refractivity contribution is 9.10. The van der Waals surface area contributed by atoms with Gasteiger partial charge < -0.3 is 10.4 Å². The number of rotatable bonds is 5. The van der Waals surface area contributed by atoms with Crippen LogP contribution in [0.4, 0.5) is 5.69 Å². The molecule has 0 aliphatic carbocycles. The van der Waals surface area contributed by atoms with Crippen LogP contribution in [0.25, 0.3) is 0 Å². The second-order valence-electron chi connectivity index (χ2n) is 4.22. The molecule has 0 bridgehead atoms. The lowest BCUT2D eigenvalue weighted by Crippen LogP contribution is -2.25. The van der Waals surface area contributed by atoms with Gasteiger partial charge in [0.25, 0.3) is 5.91 Å². The second kappa shape index (κ2) is 7.44. The molecule has 0 aliphatic heterocycles. The van der Waals surface area contributed by atoms with Gasteiger partial charge in [-0.3, -0.25) is 4.79 Å². The third-order valence-electron chi connectivity index (χ3n) is 2.61. The van der Waals surface area contributed by atoms with Crippen LogP contribution in [0.5, 0.6) is 5.75 Å². The normalized spacial score (nSPS) is 10.5. The van der Waals surface area contributed by atoms with Crippen LogP contribution in [0.3, 0.4) is 0 Å². The van der Waals surface area contributed by atoms with E-state index in [1.807, 2.05) is 30.3 Å². The SMILES string of the molecule is O=C(CNc1ccccc1)NN=Cc1cc(Br)ccc1O. The Kier molecular flexibility index (Phi) is 5.34. The van der Waals surface area contributed by atoms with Crippen molar-refractivity contribution in [2.75, 3.05) is 11.9 Å². The Morgan fingerprint density at radius 2 is 2.00 bits per heavy atom. The summed E-state index contributed by atoms with van der Waals surface area (Å²) in [5, 5.41) is 16.4. The molecule has 108 valence electrons. The van der Waals surface area contributed by atoms with Gasteiger partial charge in [-0.15, -0.1) is 0 Å². The van der Waals surface area contributed by atoms with E-state index < -0.39 is 0 Å². The largest absolute Gasteiger partial charge is 0.507 e. The smallest absolute Gasteiger partial charge is 0.259 e. The number of hydrazone groups is 1. The lowest BCUT2D eigenvalue weighted by Gasteiger charge is -2.04. The van der Waals surface area contributed by atoms with Gasteiger partial charge in [-0.25, -0.2) is 5.43 Å². The highest BCUT2D eigenvalue weighted by atomic mass is 79.9. The molecule has 0 saturated heterocycles. The Hall–Kier alpha value is -2.34. The topological polar surface area (TPSA) is 73.7 Å². The van der Waals surface area contributed by atoms with E-state index >= 15 is 0 Å². The number of halogens is 1. The molecule has 0 aromatic heterocycles. The molecule has 5 nitrogen and oxygen atoms in total. The Balaban J connectivity index is 1.83. The highest BCUT2D eigenvalue weighted by Gasteiger charge is 2.01. The number of aromatic hydroxyl groups is 1. The third kappa shape index (κ3) is 4.92. The van der Waals surface area contributed by atoms with Crippen LogP contribution in [-0.2, 0) is 4.79 Å². The van der Waals surface area contributed by atoms with E-state index in [0.717, 1.165) is 10.2 Å². The van der Waals surface area contributed by atoms with Crippen LogP contribution in [0.15, 0.2) is 58.1 Å². The van der Waals surface area contributed by atoms with Crippen LogP contribution < -0.4 is 10.7 Å². The fourth-order valence-electron chi connectivity index (χ4n) is 1.58. The number of anilines is 1. The number of para-hydroxylation sites is 1. The van der Waals surface area contributed by atoms with E-state index in [0.29, 0.717) is 5.56 Å². The first-order valence-corrected chi connectivity index (χ1v) is 7.04. The van der Waals surface area contributed by atoms with E-state index in [-0.39, 0.29) is 18.2 Å². The first-order chi connectivity index (χ1) is 10.1. The number of phenolic OH excluding ortho intramolecular Hbond substituents is 1. The van der Waals surface area contributed by atoms with Crippen LogP contribution >= 0.6 is 15.9 Å². The standard InChI is InChI=1S/C15H14BrN3O2/c16-12-6-7-14(20)11(8-12)9-18-19-15(21)10-17-13-4-2-1-3-5-13/h1-9,17,20H,10H2,(H,19,21). The Bertz CT molecular complexity index is 645. The summed E-state index contributed by atoms with van der Waals surface area (Å²) in [5.74, 6) is -0.178. The maximum Gasteiger partial charge on any atom is 0.259 e. The van der Waals surface area contributed by atoms with Crippen molar-refractivity contribution in [1.29, 1.82) is 0 Å². The molecule has 0 atom stereocenters. The van der Waals surface area contributed by atoms with Gasteiger partial charge >= 0.3 is 0 Å². The fraction of sp³-hybridized carbons (Fsp3) is 0.0667. The van der Waals surface area contributed by atoms with E-state index in [4.69, 9.17) is 0 Å². The number of carbonyl (C=O) groups excluding carboxylic acids is 1. The summed E-state index contributed by atoms with van der Waals surface area (Å²) >= 11 is 3.30. The third-order valence-corrected chi connectivity index (χ3v) is 3.10. The number of nitrogens with one attached hydrogen (secondary N) is 2. The van der Waals surface area contributed by atoms with Gasteiger partial charge in [0, 0.05) is 15.7 Å². The van der Waals surface area contributed by atoms with Gasteiger partial charge in [0.05, 0.1) is 12.8 Å². The Morgan fingerprint density at radius 1 is 1.24 bits per heavy atom. The van der Waals surface area contributed by atoms with Crippen molar-refractivity contribution in [2.24, 2.45) is 5.10 Å². The first-order valence-electron chi connectivity index (χ1n) is 6.24. The van der Waals surface area contributed by atoms with Crippen LogP contribution in [-0.4, -0.2) is 23.8 Å². The van der Waals surface area contributed by atoms with Gasteiger partial charge in [-0.2, -0.15) is 5.10 Å². The summed E-state index contributed by atoms with van der Waals surface area (Å²) in [6, 6.07) is 14.4. The summed E-state index contributed by atoms with van der Waals surface area (Å²) in [7, 11) is 0. The molecule has 0 radical (unpaired) electrons. The molecule has 6 heteroatoms. The lowest BCUT2D eigenvalue weighted by molar-refractivity contribution is -0.119. The number of nitrogens with zero attached hydrogens (tertiary/aromatic N) is 1. The van der Waals surface area contributed by atoms with Crippen molar-refractivity contribution in [3.63, 3.8) is 0 Å². The maximum absolute atomic E-state index is 11.6. The molecule has 21 heavy (non-hydrogen) atoms. The molecule has 0 fully saturated rings. The Morgan fingerprint density at radius 3 is 2.76 bits per heavy atom. The summed E-state index contributed by atoms with van der Waals surface area (Å²) in [6.45, 7) is 0.117. The molecular weight excluding hydrogens is 334 g/mol. The zero-order chi connectivity index (χ0) is 15.1. The van der Waals surface area contributed by atoms with Crippen molar-refractivity contribution in [2.45, 2.75) is 0 Å². The van der Waals surface area contributed by atoms with Crippen LogP contribution in [0.2, 0.25) is 0 Å². The molecule has 2 aromatic rings. The van der Waals surface area contributed by atoms with Crippen LogP contribution in [0.1, 0.15) is 5.56 Å². The maximum atomic E-state index is 11.6. The minimum atomic E-state index is -0.274. The molecule has 2 aromatic carbocycles. The van der Waals surface area contributed by atoms with E-state index in [9.17, 15) is 9.90 Å². The van der Waals surface area contributed by atoms with E-state index in [1.165, 1.54) is 6.21 Å². The van der Waals surface area contributed by atoms with E-state index in [1.54, 1.807) is 18.2 Å². The minimum Gasteiger partial charge on any atom is -0.507 e.